The van der Waals surface area contributed by atoms with Crippen LogP contribution < -0.4 is 5.73 Å². The number of aliphatic carboxylic acids is 1. The molecular weight excluding hydrogens is 262 g/mol. The Bertz CT molecular complexity index is 582. The SMILES string of the molecule is CCCCC(Sc1nc2ccc(N)cc2[nH]1)C(=O)O. The van der Waals surface area contributed by atoms with Crippen molar-refractivity contribution < 1.29 is 9.90 Å². The van der Waals surface area contributed by atoms with E-state index >= 15 is 0 Å². The summed E-state index contributed by atoms with van der Waals surface area (Å²) in [5, 5.41) is 9.37. The smallest absolute Gasteiger partial charge is 0.317 e. The number of unbranched alkanes of at least 4 members (excludes halogenated alkanes) is 1. The number of hydrogen-bond donors (Lipinski definition) is 3. The highest BCUT2D eigenvalue weighted by molar-refractivity contribution is 8.00. The number of nitrogens with one attached hydrogen (secondary N) is 1. The fourth-order valence-electron chi connectivity index (χ4n) is 1.82. The number of carboxylic acids is 1. The molecule has 0 aliphatic carbocycles. The van der Waals surface area contributed by atoms with Gasteiger partial charge in [-0.25, -0.2) is 4.98 Å². The van der Waals surface area contributed by atoms with Gasteiger partial charge in [-0.2, -0.15) is 0 Å². The molecule has 0 saturated heterocycles. The van der Waals surface area contributed by atoms with Gasteiger partial charge in [-0.1, -0.05) is 31.5 Å². The Morgan fingerprint density at radius 2 is 2.37 bits per heavy atom. The lowest BCUT2D eigenvalue weighted by Crippen LogP contribution is -2.16. The van der Waals surface area contributed by atoms with Crippen molar-refractivity contribution in [3.8, 4) is 0 Å². The maximum Gasteiger partial charge on any atom is 0.317 e. The Morgan fingerprint density at radius 1 is 1.58 bits per heavy atom. The number of fused-ring (bicyclic) bond motifs is 1. The van der Waals surface area contributed by atoms with Crippen molar-refractivity contribution in [1.29, 1.82) is 0 Å². The molecule has 6 heteroatoms. The van der Waals surface area contributed by atoms with Crippen LogP contribution in [0.2, 0.25) is 0 Å². The average molecular weight is 279 g/mol. The molecule has 19 heavy (non-hydrogen) atoms. The summed E-state index contributed by atoms with van der Waals surface area (Å²) in [7, 11) is 0. The quantitative estimate of drug-likeness (QED) is 0.558. The van der Waals surface area contributed by atoms with Gasteiger partial charge in [0.2, 0.25) is 0 Å². The summed E-state index contributed by atoms with van der Waals surface area (Å²) >= 11 is 1.26. The lowest BCUT2D eigenvalue weighted by Gasteiger charge is -2.08. The monoisotopic (exact) mass is 279 g/mol. The summed E-state index contributed by atoms with van der Waals surface area (Å²) in [5.74, 6) is -0.793. The van der Waals surface area contributed by atoms with Gasteiger partial charge in [-0.3, -0.25) is 4.79 Å². The van der Waals surface area contributed by atoms with Crippen LogP contribution in [0.15, 0.2) is 23.4 Å². The number of H-pyrrole nitrogens is 1. The number of nitrogens with two attached hydrogens (primary N) is 1. The van der Waals surface area contributed by atoms with E-state index in [0.29, 0.717) is 17.3 Å². The molecule has 5 nitrogen and oxygen atoms in total. The van der Waals surface area contributed by atoms with Crippen LogP contribution in [0, 0.1) is 0 Å². The summed E-state index contributed by atoms with van der Waals surface area (Å²) in [4.78, 5) is 18.7. The molecule has 1 heterocycles. The Morgan fingerprint density at radius 3 is 3.05 bits per heavy atom. The van der Waals surface area contributed by atoms with Crippen molar-refractivity contribution in [3.63, 3.8) is 0 Å². The normalized spacial score (nSPS) is 12.7. The van der Waals surface area contributed by atoms with Crippen LogP contribution in [-0.2, 0) is 4.79 Å². The van der Waals surface area contributed by atoms with Gasteiger partial charge < -0.3 is 15.8 Å². The second-order valence-corrected chi connectivity index (χ2v) is 5.60. The maximum atomic E-state index is 11.2. The fourth-order valence-corrected chi connectivity index (χ4v) is 2.79. The first-order valence-electron chi connectivity index (χ1n) is 6.25. The van der Waals surface area contributed by atoms with Crippen LogP contribution in [-0.4, -0.2) is 26.3 Å². The van der Waals surface area contributed by atoms with E-state index in [1.54, 1.807) is 12.1 Å². The van der Waals surface area contributed by atoms with Gasteiger partial charge in [0.25, 0.3) is 0 Å². The number of anilines is 1. The molecule has 1 aromatic carbocycles. The third-order valence-electron chi connectivity index (χ3n) is 2.83. The molecule has 0 saturated carbocycles. The zero-order valence-corrected chi connectivity index (χ0v) is 11.5. The number of rotatable bonds is 6. The molecule has 1 unspecified atom stereocenters. The molecule has 0 aliphatic rings. The molecule has 0 amide bonds. The van der Waals surface area contributed by atoms with Crippen LogP contribution >= 0.6 is 11.8 Å². The summed E-state index contributed by atoms with van der Waals surface area (Å²) in [6.07, 6.45) is 2.54. The van der Waals surface area contributed by atoms with Crippen LogP contribution in [0.1, 0.15) is 26.2 Å². The van der Waals surface area contributed by atoms with E-state index in [0.717, 1.165) is 23.9 Å². The van der Waals surface area contributed by atoms with Gasteiger partial charge in [0.15, 0.2) is 5.16 Å². The van der Waals surface area contributed by atoms with Gasteiger partial charge in [-0.15, -0.1) is 0 Å². The zero-order valence-electron chi connectivity index (χ0n) is 10.7. The average Bonchev–Trinajstić information content (AvgIpc) is 2.75. The van der Waals surface area contributed by atoms with E-state index in [1.165, 1.54) is 11.8 Å². The number of carboxylic acid groups (broad SMARTS) is 1. The Hall–Kier alpha value is -1.69. The first kappa shape index (κ1) is 13.7. The Kier molecular flexibility index (Phi) is 4.31. The number of nitrogen functional groups attached to an aromatic ring is 1. The molecule has 1 atom stereocenters. The summed E-state index contributed by atoms with van der Waals surface area (Å²) in [5.41, 5.74) is 8.00. The number of nitrogens with zero attached hydrogens (tertiary/aromatic N) is 1. The van der Waals surface area contributed by atoms with Crippen LogP contribution in [0.4, 0.5) is 5.69 Å². The third-order valence-corrected chi connectivity index (χ3v) is 3.97. The van der Waals surface area contributed by atoms with Crippen molar-refractivity contribution >= 4 is 34.5 Å². The molecule has 1 aromatic heterocycles. The van der Waals surface area contributed by atoms with E-state index in [2.05, 4.69) is 9.97 Å². The van der Waals surface area contributed by atoms with E-state index in [1.807, 2.05) is 13.0 Å². The molecule has 0 fully saturated rings. The predicted molar refractivity (Wildman–Crippen MR) is 77.3 cm³/mol. The minimum Gasteiger partial charge on any atom is -0.480 e. The predicted octanol–water partition coefficient (Wildman–Crippen LogP) is 2.88. The molecule has 2 aromatic rings. The number of imidazole rings is 1. The second kappa shape index (κ2) is 5.97. The first-order chi connectivity index (χ1) is 9.10. The molecule has 0 spiro atoms. The lowest BCUT2D eigenvalue weighted by molar-refractivity contribution is -0.136. The van der Waals surface area contributed by atoms with Crippen LogP contribution in [0.3, 0.4) is 0 Å². The summed E-state index contributed by atoms with van der Waals surface area (Å²) in [6, 6.07) is 5.41. The topological polar surface area (TPSA) is 92.0 Å². The molecule has 2 rings (SSSR count). The van der Waals surface area contributed by atoms with E-state index in [4.69, 9.17) is 5.73 Å². The van der Waals surface area contributed by atoms with Crippen LogP contribution in [0.5, 0.6) is 0 Å². The highest BCUT2D eigenvalue weighted by Crippen LogP contribution is 2.27. The van der Waals surface area contributed by atoms with Gasteiger partial charge in [0.1, 0.15) is 5.25 Å². The van der Waals surface area contributed by atoms with Gasteiger partial charge in [0.05, 0.1) is 11.0 Å². The molecular formula is C13H17N3O2S. The summed E-state index contributed by atoms with van der Waals surface area (Å²) in [6.45, 7) is 2.05. The van der Waals surface area contributed by atoms with Crippen molar-refractivity contribution in [2.24, 2.45) is 0 Å². The first-order valence-corrected chi connectivity index (χ1v) is 7.13. The van der Waals surface area contributed by atoms with Crippen molar-refractivity contribution in [2.45, 2.75) is 36.6 Å². The Balaban J connectivity index is 2.16. The van der Waals surface area contributed by atoms with Gasteiger partial charge >= 0.3 is 5.97 Å². The van der Waals surface area contributed by atoms with Gasteiger partial charge in [0, 0.05) is 5.69 Å². The zero-order chi connectivity index (χ0) is 13.8. The molecule has 102 valence electrons. The number of carbonyl (C=O) groups is 1. The number of benzene rings is 1. The highest BCUT2D eigenvalue weighted by atomic mass is 32.2. The molecule has 0 bridgehead atoms. The lowest BCUT2D eigenvalue weighted by atomic mass is 10.2. The minimum absolute atomic E-state index is 0.460. The molecule has 0 aliphatic heterocycles. The number of hydrogen-bond acceptors (Lipinski definition) is 4. The van der Waals surface area contributed by atoms with E-state index in [9.17, 15) is 9.90 Å². The minimum atomic E-state index is -0.793. The fraction of sp³-hybridized carbons (Fsp3) is 0.385. The molecule has 0 radical (unpaired) electrons. The van der Waals surface area contributed by atoms with Crippen molar-refractivity contribution in [1.82, 2.24) is 9.97 Å². The number of aromatic amines is 1. The largest absolute Gasteiger partial charge is 0.480 e. The number of aromatic nitrogens is 2. The highest BCUT2D eigenvalue weighted by Gasteiger charge is 2.20. The van der Waals surface area contributed by atoms with Crippen molar-refractivity contribution in [3.05, 3.63) is 18.2 Å². The maximum absolute atomic E-state index is 11.2. The van der Waals surface area contributed by atoms with Crippen molar-refractivity contribution in [2.75, 3.05) is 5.73 Å². The molecule has 4 N–H and O–H groups in total. The van der Waals surface area contributed by atoms with Gasteiger partial charge in [-0.05, 0) is 24.6 Å². The number of thioether (sulfide) groups is 1. The van der Waals surface area contributed by atoms with Crippen LogP contribution in [0.25, 0.3) is 11.0 Å². The second-order valence-electron chi connectivity index (χ2n) is 4.41. The summed E-state index contributed by atoms with van der Waals surface area (Å²) < 4.78 is 0. The standard InChI is InChI=1S/C13H17N3O2S/c1-2-3-4-11(12(17)18)19-13-15-9-6-5-8(14)7-10(9)16-13/h5-7,11H,2-4,14H2,1H3,(H,15,16)(H,17,18). The van der Waals surface area contributed by atoms with E-state index in [-0.39, 0.29) is 0 Å². The Labute approximate surface area is 115 Å². The van der Waals surface area contributed by atoms with E-state index < -0.39 is 11.2 Å². The third kappa shape index (κ3) is 3.41.